The van der Waals surface area contributed by atoms with E-state index < -0.39 is 0 Å². The van der Waals surface area contributed by atoms with Crippen molar-refractivity contribution in [3.05, 3.63) is 0 Å². The first kappa shape index (κ1) is 18.1. The summed E-state index contributed by atoms with van der Waals surface area (Å²) in [6, 6.07) is 0. The van der Waals surface area contributed by atoms with Gasteiger partial charge >= 0.3 is 0 Å². The summed E-state index contributed by atoms with van der Waals surface area (Å²) >= 11 is 0. The van der Waals surface area contributed by atoms with Crippen LogP contribution in [0.2, 0.25) is 0 Å². The molecule has 1 aliphatic carbocycles. The molecule has 20 heavy (non-hydrogen) atoms. The fourth-order valence-electron chi connectivity index (χ4n) is 3.07. The predicted octanol–water partition coefficient (Wildman–Crippen LogP) is 3.74. The highest BCUT2D eigenvalue weighted by molar-refractivity contribution is 14.0. The lowest BCUT2D eigenvalue weighted by Crippen LogP contribution is -2.40. The van der Waals surface area contributed by atoms with Gasteiger partial charge in [0.05, 0.1) is 0 Å². The third kappa shape index (κ3) is 6.19. The van der Waals surface area contributed by atoms with E-state index in [-0.39, 0.29) is 24.0 Å². The van der Waals surface area contributed by atoms with Crippen molar-refractivity contribution < 1.29 is 0 Å². The van der Waals surface area contributed by atoms with Gasteiger partial charge in [-0.2, -0.15) is 0 Å². The van der Waals surface area contributed by atoms with Gasteiger partial charge in [-0.25, -0.2) is 0 Å². The van der Waals surface area contributed by atoms with Crippen LogP contribution in [0.15, 0.2) is 4.99 Å². The highest BCUT2D eigenvalue weighted by Crippen LogP contribution is 2.32. The summed E-state index contributed by atoms with van der Waals surface area (Å²) in [5, 5.41) is 3.47. The largest absolute Gasteiger partial charge is 0.357 e. The third-order valence-electron chi connectivity index (χ3n) is 4.22. The number of halogens is 1. The molecule has 1 aliphatic heterocycles. The normalized spacial score (nSPS) is 23.1. The van der Waals surface area contributed by atoms with Gasteiger partial charge in [0.1, 0.15) is 0 Å². The molecule has 1 heterocycles. The van der Waals surface area contributed by atoms with Crippen molar-refractivity contribution in [1.29, 1.82) is 0 Å². The molecular weight excluding hydrogens is 361 g/mol. The Labute approximate surface area is 142 Å². The Bertz CT molecular complexity index is 300. The molecule has 2 aliphatic rings. The summed E-state index contributed by atoms with van der Waals surface area (Å²) in [6.07, 6.45) is 6.86. The van der Waals surface area contributed by atoms with Crippen LogP contribution in [-0.2, 0) is 0 Å². The van der Waals surface area contributed by atoms with E-state index in [1.807, 2.05) is 0 Å². The highest BCUT2D eigenvalue weighted by atomic mass is 127. The lowest BCUT2D eigenvalue weighted by molar-refractivity contribution is 0.403. The zero-order valence-corrected chi connectivity index (χ0v) is 15.7. The van der Waals surface area contributed by atoms with Crippen molar-refractivity contribution in [3.63, 3.8) is 0 Å². The van der Waals surface area contributed by atoms with Gasteiger partial charge in [-0.15, -0.1) is 24.0 Å². The highest BCUT2D eigenvalue weighted by Gasteiger charge is 2.25. The lowest BCUT2D eigenvalue weighted by Gasteiger charge is -2.22. The van der Waals surface area contributed by atoms with Crippen molar-refractivity contribution in [1.82, 2.24) is 10.2 Å². The standard InChI is InChI=1S/C16H31N3.HI/c1-4-17-16(18-9-7-14-5-6-14)19-10-8-15(12-19)11-13(2)3;/h13-15H,4-12H2,1-3H3,(H,17,18);1H. The molecule has 1 saturated carbocycles. The summed E-state index contributed by atoms with van der Waals surface area (Å²) in [5.41, 5.74) is 0. The maximum absolute atomic E-state index is 4.82. The zero-order chi connectivity index (χ0) is 13.7. The number of aliphatic imine (C=N–C) groups is 1. The Morgan fingerprint density at radius 2 is 2.00 bits per heavy atom. The predicted molar refractivity (Wildman–Crippen MR) is 97.9 cm³/mol. The Hall–Kier alpha value is 0. The van der Waals surface area contributed by atoms with Crippen LogP contribution in [0.4, 0.5) is 0 Å². The van der Waals surface area contributed by atoms with Crippen molar-refractivity contribution in [2.24, 2.45) is 22.7 Å². The molecule has 2 rings (SSSR count). The topological polar surface area (TPSA) is 27.6 Å². The SMILES string of the molecule is CCNC(=NCCC1CC1)N1CCC(CC(C)C)C1.I. The molecule has 3 nitrogen and oxygen atoms in total. The molecule has 1 saturated heterocycles. The minimum atomic E-state index is 0. The van der Waals surface area contributed by atoms with E-state index in [1.165, 1.54) is 45.2 Å². The van der Waals surface area contributed by atoms with Crippen molar-refractivity contribution >= 4 is 29.9 Å². The maximum atomic E-state index is 4.82. The summed E-state index contributed by atoms with van der Waals surface area (Å²) in [7, 11) is 0. The van der Waals surface area contributed by atoms with E-state index in [0.29, 0.717) is 0 Å². The van der Waals surface area contributed by atoms with Gasteiger partial charge in [0.25, 0.3) is 0 Å². The first-order valence-corrected chi connectivity index (χ1v) is 8.22. The summed E-state index contributed by atoms with van der Waals surface area (Å²) < 4.78 is 0. The zero-order valence-electron chi connectivity index (χ0n) is 13.4. The van der Waals surface area contributed by atoms with Crippen LogP contribution in [-0.4, -0.2) is 37.0 Å². The molecule has 0 bridgehead atoms. The monoisotopic (exact) mass is 393 g/mol. The molecule has 4 heteroatoms. The molecular formula is C16H32IN3. The quantitative estimate of drug-likeness (QED) is 0.423. The van der Waals surface area contributed by atoms with E-state index in [1.54, 1.807) is 0 Å². The first-order chi connectivity index (χ1) is 9.19. The van der Waals surface area contributed by atoms with E-state index in [2.05, 4.69) is 31.0 Å². The number of rotatable bonds is 6. The second-order valence-electron chi connectivity index (χ2n) is 6.70. The Balaban J connectivity index is 0.00000200. The molecule has 1 unspecified atom stereocenters. The Morgan fingerprint density at radius 3 is 2.60 bits per heavy atom. The molecule has 0 aromatic carbocycles. The molecule has 118 valence electrons. The van der Waals surface area contributed by atoms with Crippen molar-refractivity contribution in [3.8, 4) is 0 Å². The minimum absolute atomic E-state index is 0. The van der Waals surface area contributed by atoms with Gasteiger partial charge in [0.2, 0.25) is 0 Å². The van der Waals surface area contributed by atoms with E-state index in [4.69, 9.17) is 4.99 Å². The van der Waals surface area contributed by atoms with Gasteiger partial charge in [-0.1, -0.05) is 26.7 Å². The summed E-state index contributed by atoms with van der Waals surface area (Å²) in [5.74, 6) is 3.83. The van der Waals surface area contributed by atoms with Crippen LogP contribution < -0.4 is 5.32 Å². The van der Waals surface area contributed by atoms with Crippen LogP contribution in [0, 0.1) is 17.8 Å². The number of guanidine groups is 1. The summed E-state index contributed by atoms with van der Waals surface area (Å²) in [6.45, 7) is 11.2. The van der Waals surface area contributed by atoms with Gasteiger partial charge in [0, 0.05) is 26.2 Å². The fraction of sp³-hybridized carbons (Fsp3) is 0.938. The molecule has 0 aromatic heterocycles. The van der Waals surface area contributed by atoms with Gasteiger partial charge < -0.3 is 10.2 Å². The molecule has 0 aromatic rings. The van der Waals surface area contributed by atoms with Crippen LogP contribution in [0.1, 0.15) is 52.9 Å². The van der Waals surface area contributed by atoms with Crippen LogP contribution in [0.25, 0.3) is 0 Å². The van der Waals surface area contributed by atoms with E-state index in [0.717, 1.165) is 36.8 Å². The molecule has 0 amide bonds. The lowest BCUT2D eigenvalue weighted by atomic mass is 9.97. The average molecular weight is 393 g/mol. The van der Waals surface area contributed by atoms with Crippen LogP contribution >= 0.6 is 24.0 Å². The maximum Gasteiger partial charge on any atom is 0.193 e. The van der Waals surface area contributed by atoms with Gasteiger partial charge in [-0.05, 0) is 43.9 Å². The minimum Gasteiger partial charge on any atom is -0.357 e. The summed E-state index contributed by atoms with van der Waals surface area (Å²) in [4.78, 5) is 7.30. The second-order valence-corrected chi connectivity index (χ2v) is 6.70. The second kappa shape index (κ2) is 9.11. The van der Waals surface area contributed by atoms with E-state index in [9.17, 15) is 0 Å². The molecule has 2 fully saturated rings. The van der Waals surface area contributed by atoms with Gasteiger partial charge in [0.15, 0.2) is 5.96 Å². The smallest absolute Gasteiger partial charge is 0.193 e. The number of hydrogen-bond acceptors (Lipinski definition) is 1. The fourth-order valence-corrected chi connectivity index (χ4v) is 3.07. The van der Waals surface area contributed by atoms with Crippen LogP contribution in [0.5, 0.6) is 0 Å². The molecule has 1 N–H and O–H groups in total. The van der Waals surface area contributed by atoms with E-state index >= 15 is 0 Å². The van der Waals surface area contributed by atoms with Gasteiger partial charge in [-0.3, -0.25) is 4.99 Å². The first-order valence-electron chi connectivity index (χ1n) is 8.22. The Kier molecular flexibility index (Phi) is 8.22. The molecule has 1 atom stereocenters. The molecule has 0 spiro atoms. The van der Waals surface area contributed by atoms with Crippen LogP contribution in [0.3, 0.4) is 0 Å². The number of hydrogen-bond donors (Lipinski definition) is 1. The van der Waals surface area contributed by atoms with Crippen molar-refractivity contribution in [2.45, 2.75) is 52.9 Å². The number of nitrogens with zero attached hydrogens (tertiary/aromatic N) is 2. The molecule has 0 radical (unpaired) electrons. The Morgan fingerprint density at radius 1 is 1.25 bits per heavy atom. The number of nitrogens with one attached hydrogen (secondary N) is 1. The average Bonchev–Trinajstić information content (AvgIpc) is 3.07. The van der Waals surface area contributed by atoms with Crippen molar-refractivity contribution in [2.75, 3.05) is 26.2 Å². The number of likely N-dealkylation sites (tertiary alicyclic amines) is 1. The third-order valence-corrected chi connectivity index (χ3v) is 4.22.